The Morgan fingerprint density at radius 2 is 2.07 bits per heavy atom. The average Bonchev–Trinajstić information content (AvgIpc) is 3.23. The van der Waals surface area contributed by atoms with Crippen molar-refractivity contribution in [3.05, 3.63) is 92.4 Å². The molecule has 0 atom stereocenters. The van der Waals surface area contributed by atoms with E-state index in [1.807, 2.05) is 54.1 Å². The largest absolute Gasteiger partial charge is 0.326 e. The summed E-state index contributed by atoms with van der Waals surface area (Å²) in [6, 6.07) is 15.5. The molecule has 0 bridgehead atoms. The quantitative estimate of drug-likeness (QED) is 0.492. The number of nitriles is 1. The van der Waals surface area contributed by atoms with Gasteiger partial charge < -0.3 is 4.57 Å². The van der Waals surface area contributed by atoms with E-state index in [9.17, 15) is 10.1 Å². The van der Waals surface area contributed by atoms with Crippen LogP contribution in [0.1, 0.15) is 11.5 Å². The Bertz CT molecular complexity index is 1430. The summed E-state index contributed by atoms with van der Waals surface area (Å²) >= 11 is 1.26. The van der Waals surface area contributed by atoms with Gasteiger partial charge in [0.15, 0.2) is 5.82 Å². The van der Waals surface area contributed by atoms with Gasteiger partial charge in [0, 0.05) is 19.8 Å². The van der Waals surface area contributed by atoms with Crippen LogP contribution in [0.25, 0.3) is 22.7 Å². The molecule has 6 nitrogen and oxygen atoms in total. The number of imidazole rings is 1. The fourth-order valence-corrected chi connectivity index (χ4v) is 4.25. The second-order valence-corrected chi connectivity index (χ2v) is 7.38. The Kier molecular flexibility index (Phi) is 4.94. The Balaban J connectivity index is 2.07. The van der Waals surface area contributed by atoms with Gasteiger partial charge >= 0.3 is 0 Å². The van der Waals surface area contributed by atoms with E-state index in [0.717, 1.165) is 11.0 Å². The molecule has 0 radical (unpaired) electrons. The highest BCUT2D eigenvalue weighted by Gasteiger charge is 2.16. The second-order valence-electron chi connectivity index (χ2n) is 6.34. The lowest BCUT2D eigenvalue weighted by molar-refractivity contribution is 0.772. The minimum absolute atomic E-state index is 0.179. The van der Waals surface area contributed by atoms with Crippen LogP contribution < -0.4 is 14.8 Å². The van der Waals surface area contributed by atoms with Gasteiger partial charge in [-0.3, -0.25) is 14.3 Å². The summed E-state index contributed by atoms with van der Waals surface area (Å²) in [6.45, 7) is 4.05. The highest BCUT2D eigenvalue weighted by Crippen LogP contribution is 2.18. The number of hydrogen-bond donors (Lipinski definition) is 0. The zero-order valence-corrected chi connectivity index (χ0v) is 16.6. The molecular weight excluding hydrogens is 382 g/mol. The van der Waals surface area contributed by atoms with E-state index in [1.54, 1.807) is 22.9 Å². The number of aromatic nitrogens is 4. The Morgan fingerprint density at radius 1 is 1.28 bits per heavy atom. The molecule has 0 N–H and O–H groups in total. The molecule has 0 aliphatic heterocycles. The topological polar surface area (TPSA) is 76.5 Å². The predicted molar refractivity (Wildman–Crippen MR) is 115 cm³/mol. The number of thiazole rings is 1. The van der Waals surface area contributed by atoms with Crippen molar-refractivity contribution in [1.29, 1.82) is 5.26 Å². The van der Waals surface area contributed by atoms with Gasteiger partial charge in [-0.1, -0.05) is 24.3 Å². The molecule has 4 aromatic rings. The fraction of sp³-hybridized carbons (Fsp3) is 0.0909. The molecule has 0 amide bonds. The lowest BCUT2D eigenvalue weighted by atomic mass is 10.3. The van der Waals surface area contributed by atoms with Crippen molar-refractivity contribution < 1.29 is 0 Å². The second kappa shape index (κ2) is 7.70. The zero-order chi connectivity index (χ0) is 20.4. The minimum atomic E-state index is -0.179. The van der Waals surface area contributed by atoms with Crippen molar-refractivity contribution in [3.63, 3.8) is 0 Å². The molecular formula is C22H17N5OS. The maximum absolute atomic E-state index is 13.0. The standard InChI is InChI=1S/C22H17N5OS/c1-3-12-27-21(28)19(13-15-8-6-7-11-24-15)29-22(27)16(14-23)20-25-17-9-4-5-10-18(17)26(20)2/h3-11,13H,1,12H2,2H3. The highest BCUT2D eigenvalue weighted by atomic mass is 32.1. The SMILES string of the molecule is C=CCn1c(=C(C#N)c2nc3ccccc3n2C)sc(=Cc2ccccn2)c1=O. The smallest absolute Gasteiger partial charge is 0.269 e. The normalized spacial score (nSPS) is 12.8. The van der Waals surface area contributed by atoms with Gasteiger partial charge in [0.1, 0.15) is 16.3 Å². The first-order valence-electron chi connectivity index (χ1n) is 8.93. The van der Waals surface area contributed by atoms with Crippen LogP contribution in [0.2, 0.25) is 0 Å². The van der Waals surface area contributed by atoms with Gasteiger partial charge in [-0.15, -0.1) is 17.9 Å². The number of pyridine rings is 1. The number of allylic oxidation sites excluding steroid dienone is 1. The first kappa shape index (κ1) is 18.6. The fourth-order valence-electron chi connectivity index (χ4n) is 3.16. The van der Waals surface area contributed by atoms with E-state index in [-0.39, 0.29) is 5.56 Å². The van der Waals surface area contributed by atoms with Crippen LogP contribution in [0.15, 0.2) is 66.1 Å². The molecule has 0 saturated heterocycles. The number of fused-ring (bicyclic) bond motifs is 1. The van der Waals surface area contributed by atoms with E-state index < -0.39 is 0 Å². The summed E-state index contributed by atoms with van der Waals surface area (Å²) in [5, 5.41) is 9.97. The molecule has 0 aliphatic rings. The van der Waals surface area contributed by atoms with Crippen LogP contribution in [0.5, 0.6) is 0 Å². The molecule has 4 rings (SSSR count). The number of nitrogens with zero attached hydrogens (tertiary/aromatic N) is 5. The molecule has 0 saturated carbocycles. The predicted octanol–water partition coefficient (Wildman–Crippen LogP) is 1.93. The molecule has 142 valence electrons. The molecule has 0 spiro atoms. The van der Waals surface area contributed by atoms with E-state index >= 15 is 0 Å². The van der Waals surface area contributed by atoms with Crippen LogP contribution in [-0.2, 0) is 13.6 Å². The van der Waals surface area contributed by atoms with Crippen molar-refractivity contribution in [3.8, 4) is 6.07 Å². The molecule has 3 heterocycles. The summed E-state index contributed by atoms with van der Waals surface area (Å²) in [4.78, 5) is 21.9. The third-order valence-electron chi connectivity index (χ3n) is 4.52. The van der Waals surface area contributed by atoms with Crippen LogP contribution in [-0.4, -0.2) is 19.1 Å². The van der Waals surface area contributed by atoms with Crippen LogP contribution in [0.3, 0.4) is 0 Å². The maximum atomic E-state index is 13.0. The summed E-state index contributed by atoms with van der Waals surface area (Å²) in [6.07, 6.45) is 5.06. The van der Waals surface area contributed by atoms with Gasteiger partial charge in [0.25, 0.3) is 5.56 Å². The van der Waals surface area contributed by atoms with E-state index in [0.29, 0.717) is 32.8 Å². The van der Waals surface area contributed by atoms with Crippen molar-refractivity contribution in [2.45, 2.75) is 6.54 Å². The Hall–Kier alpha value is -3.76. The zero-order valence-electron chi connectivity index (χ0n) is 15.7. The van der Waals surface area contributed by atoms with E-state index in [1.165, 1.54) is 11.3 Å². The van der Waals surface area contributed by atoms with Crippen LogP contribution in [0, 0.1) is 11.3 Å². The summed E-state index contributed by atoms with van der Waals surface area (Å²) in [5.41, 5.74) is 2.58. The van der Waals surface area contributed by atoms with Gasteiger partial charge in [-0.2, -0.15) is 5.26 Å². The third-order valence-corrected chi connectivity index (χ3v) is 5.65. The van der Waals surface area contributed by atoms with Gasteiger partial charge in [0.05, 0.1) is 21.3 Å². The molecule has 29 heavy (non-hydrogen) atoms. The summed E-state index contributed by atoms with van der Waals surface area (Å²) in [7, 11) is 1.87. The average molecular weight is 399 g/mol. The van der Waals surface area contributed by atoms with Crippen LogP contribution >= 0.6 is 11.3 Å². The third kappa shape index (κ3) is 3.30. The van der Waals surface area contributed by atoms with E-state index in [4.69, 9.17) is 0 Å². The first-order chi connectivity index (χ1) is 14.1. The molecule has 3 aromatic heterocycles. The summed E-state index contributed by atoms with van der Waals surface area (Å²) < 4.78 is 4.49. The minimum Gasteiger partial charge on any atom is -0.326 e. The van der Waals surface area contributed by atoms with E-state index in [2.05, 4.69) is 22.6 Å². The van der Waals surface area contributed by atoms with Gasteiger partial charge in [0.2, 0.25) is 0 Å². The first-order valence-corrected chi connectivity index (χ1v) is 9.75. The maximum Gasteiger partial charge on any atom is 0.269 e. The number of benzene rings is 1. The Morgan fingerprint density at radius 3 is 2.76 bits per heavy atom. The number of para-hydroxylation sites is 2. The van der Waals surface area contributed by atoms with Gasteiger partial charge in [-0.25, -0.2) is 4.98 Å². The van der Waals surface area contributed by atoms with Crippen molar-refractivity contribution in [1.82, 2.24) is 19.1 Å². The molecule has 7 heteroatoms. The Labute approximate surface area is 170 Å². The van der Waals surface area contributed by atoms with Crippen LogP contribution in [0.4, 0.5) is 0 Å². The molecule has 0 unspecified atom stereocenters. The van der Waals surface area contributed by atoms with Gasteiger partial charge in [-0.05, 0) is 30.3 Å². The molecule has 0 aliphatic carbocycles. The number of rotatable bonds is 4. The molecule has 1 aromatic carbocycles. The lowest BCUT2D eigenvalue weighted by Gasteiger charge is -2.02. The van der Waals surface area contributed by atoms with Crippen molar-refractivity contribution >= 4 is 34.0 Å². The summed E-state index contributed by atoms with van der Waals surface area (Å²) in [5.74, 6) is 0.525. The van der Waals surface area contributed by atoms with Crippen molar-refractivity contribution in [2.24, 2.45) is 7.05 Å². The monoisotopic (exact) mass is 399 g/mol. The van der Waals surface area contributed by atoms with Crippen molar-refractivity contribution in [2.75, 3.05) is 0 Å². The number of hydrogen-bond acceptors (Lipinski definition) is 5. The molecule has 0 fully saturated rings. The lowest BCUT2D eigenvalue weighted by Crippen LogP contribution is -2.32. The highest BCUT2D eigenvalue weighted by molar-refractivity contribution is 7.07. The number of aryl methyl sites for hydroxylation is 1.